The van der Waals surface area contributed by atoms with Crippen molar-refractivity contribution < 1.29 is 4.90 Å². The number of nitrogens with one attached hydrogen (secondary N) is 1. The smallest absolute Gasteiger partial charge is 0.0848 e. The molecule has 2 unspecified atom stereocenters. The number of quaternary nitrogens is 1. The Labute approximate surface area is 64.4 Å². The third-order valence-corrected chi connectivity index (χ3v) is 2.95. The van der Waals surface area contributed by atoms with Gasteiger partial charge in [0.05, 0.1) is 18.6 Å². The molecule has 1 aliphatic rings. The van der Waals surface area contributed by atoms with Crippen molar-refractivity contribution >= 4 is 0 Å². The summed E-state index contributed by atoms with van der Waals surface area (Å²) in [6.07, 6.45) is 4.33. The monoisotopic (exact) mass is 142 g/mol. The topological polar surface area (TPSA) is 4.44 Å². The molecule has 0 saturated carbocycles. The Balaban J connectivity index is 2.45. The number of hydrogen-bond acceptors (Lipinski definition) is 0. The maximum Gasteiger partial charge on any atom is 0.0848 e. The predicted octanol–water partition coefficient (Wildman–Crippen LogP) is 0.852. The molecule has 1 nitrogen and oxygen atoms in total. The molecule has 0 radical (unpaired) electrons. The van der Waals surface area contributed by atoms with Gasteiger partial charge in [0.2, 0.25) is 0 Å². The highest BCUT2D eigenvalue weighted by molar-refractivity contribution is 4.61. The summed E-state index contributed by atoms with van der Waals surface area (Å²) in [5.74, 6) is 0. The van der Waals surface area contributed by atoms with Crippen LogP contribution in [0.15, 0.2) is 0 Å². The van der Waals surface area contributed by atoms with E-state index in [0.717, 1.165) is 12.1 Å². The summed E-state index contributed by atoms with van der Waals surface area (Å²) >= 11 is 0. The Morgan fingerprint density at radius 1 is 1.20 bits per heavy atom. The second-order valence-corrected chi connectivity index (χ2v) is 3.66. The highest BCUT2D eigenvalue weighted by Crippen LogP contribution is 2.06. The third-order valence-electron chi connectivity index (χ3n) is 2.95. The van der Waals surface area contributed by atoms with Crippen LogP contribution >= 0.6 is 0 Å². The summed E-state index contributed by atoms with van der Waals surface area (Å²) in [7, 11) is 0. The van der Waals surface area contributed by atoms with Crippen molar-refractivity contribution in [2.45, 2.75) is 52.1 Å². The van der Waals surface area contributed by atoms with Crippen LogP contribution in [0.25, 0.3) is 0 Å². The lowest BCUT2D eigenvalue weighted by atomic mass is 9.98. The molecule has 60 valence electrons. The highest BCUT2D eigenvalue weighted by atomic mass is 15.2. The fourth-order valence-electron chi connectivity index (χ4n) is 2.28. The van der Waals surface area contributed by atoms with E-state index in [2.05, 4.69) is 20.8 Å². The molecule has 0 bridgehead atoms. The van der Waals surface area contributed by atoms with Gasteiger partial charge in [-0.15, -0.1) is 0 Å². The van der Waals surface area contributed by atoms with Gasteiger partial charge in [0.1, 0.15) is 0 Å². The molecular formula is C9H20N+. The third kappa shape index (κ3) is 1.51. The largest absolute Gasteiger partial charge is 0.331 e. The van der Waals surface area contributed by atoms with Crippen LogP contribution in [0.4, 0.5) is 0 Å². The Morgan fingerprint density at radius 2 is 1.70 bits per heavy atom. The van der Waals surface area contributed by atoms with Gasteiger partial charge in [-0.2, -0.15) is 0 Å². The molecule has 0 aliphatic carbocycles. The van der Waals surface area contributed by atoms with Gasteiger partial charge in [-0.25, -0.2) is 0 Å². The average Bonchev–Trinajstić information content (AvgIpc) is 1.88. The molecule has 1 rings (SSSR count). The van der Waals surface area contributed by atoms with Gasteiger partial charge in [0.25, 0.3) is 0 Å². The van der Waals surface area contributed by atoms with E-state index in [-0.39, 0.29) is 0 Å². The lowest BCUT2D eigenvalue weighted by Crippen LogP contribution is -3.19. The normalized spacial score (nSPS) is 41.7. The predicted molar refractivity (Wildman–Crippen MR) is 44.3 cm³/mol. The lowest BCUT2D eigenvalue weighted by molar-refractivity contribution is -0.949. The van der Waals surface area contributed by atoms with Crippen LogP contribution in [0.3, 0.4) is 0 Å². The first-order valence-corrected chi connectivity index (χ1v) is 4.61. The van der Waals surface area contributed by atoms with Gasteiger partial charge in [0.15, 0.2) is 0 Å². The van der Waals surface area contributed by atoms with Crippen molar-refractivity contribution in [2.24, 2.45) is 0 Å². The molecule has 1 aliphatic heterocycles. The summed E-state index contributed by atoms with van der Waals surface area (Å²) in [6.45, 7) is 8.37. The zero-order chi connectivity index (χ0) is 7.56. The molecule has 2 atom stereocenters. The number of hydrogen-bond donors (Lipinski definition) is 1. The number of piperidine rings is 1. The van der Waals surface area contributed by atoms with E-state index in [0.29, 0.717) is 0 Å². The van der Waals surface area contributed by atoms with Crippen LogP contribution in [-0.4, -0.2) is 18.6 Å². The van der Waals surface area contributed by atoms with Crippen molar-refractivity contribution in [1.82, 2.24) is 0 Å². The van der Waals surface area contributed by atoms with Crippen LogP contribution < -0.4 is 4.90 Å². The molecule has 0 amide bonds. The van der Waals surface area contributed by atoms with Crippen molar-refractivity contribution in [1.29, 1.82) is 0 Å². The molecular weight excluding hydrogens is 122 g/mol. The minimum Gasteiger partial charge on any atom is -0.331 e. The summed E-state index contributed by atoms with van der Waals surface area (Å²) in [5.41, 5.74) is 0. The Kier molecular flexibility index (Phi) is 2.72. The van der Waals surface area contributed by atoms with E-state index >= 15 is 0 Å². The van der Waals surface area contributed by atoms with Crippen molar-refractivity contribution in [2.75, 3.05) is 6.54 Å². The van der Waals surface area contributed by atoms with Crippen molar-refractivity contribution in [3.8, 4) is 0 Å². The fourth-order valence-corrected chi connectivity index (χ4v) is 2.28. The summed E-state index contributed by atoms with van der Waals surface area (Å²) < 4.78 is 0. The first-order chi connectivity index (χ1) is 4.75. The molecule has 0 aromatic rings. The quantitative estimate of drug-likeness (QED) is 0.553. The summed E-state index contributed by atoms with van der Waals surface area (Å²) in [6, 6.07) is 1.82. The van der Waals surface area contributed by atoms with Crippen molar-refractivity contribution in [3.05, 3.63) is 0 Å². The van der Waals surface area contributed by atoms with Gasteiger partial charge < -0.3 is 4.90 Å². The average molecular weight is 142 g/mol. The molecule has 1 heterocycles. The van der Waals surface area contributed by atoms with Crippen LogP contribution in [-0.2, 0) is 0 Å². The van der Waals surface area contributed by atoms with Gasteiger partial charge >= 0.3 is 0 Å². The molecule has 1 fully saturated rings. The highest BCUT2D eigenvalue weighted by Gasteiger charge is 2.26. The minimum atomic E-state index is 0.911. The summed E-state index contributed by atoms with van der Waals surface area (Å²) in [4.78, 5) is 1.81. The first kappa shape index (κ1) is 8.06. The lowest BCUT2D eigenvalue weighted by Gasteiger charge is -2.34. The SMILES string of the molecule is CC[NH+]1C(C)CCCC1C. The van der Waals surface area contributed by atoms with E-state index in [1.807, 2.05) is 4.90 Å². The maximum absolute atomic E-state index is 2.38. The van der Waals surface area contributed by atoms with Gasteiger partial charge in [-0.05, 0) is 40.0 Å². The molecule has 0 aromatic heterocycles. The number of rotatable bonds is 1. The van der Waals surface area contributed by atoms with Crippen LogP contribution in [0.2, 0.25) is 0 Å². The second-order valence-electron chi connectivity index (χ2n) is 3.66. The number of likely N-dealkylation sites (tertiary alicyclic amines) is 1. The fraction of sp³-hybridized carbons (Fsp3) is 1.00. The molecule has 1 heteroatoms. The van der Waals surface area contributed by atoms with Crippen LogP contribution in [0.1, 0.15) is 40.0 Å². The molecule has 0 spiro atoms. The van der Waals surface area contributed by atoms with E-state index < -0.39 is 0 Å². The Morgan fingerprint density at radius 3 is 2.00 bits per heavy atom. The molecule has 1 saturated heterocycles. The van der Waals surface area contributed by atoms with E-state index in [9.17, 15) is 0 Å². The second kappa shape index (κ2) is 3.38. The first-order valence-electron chi connectivity index (χ1n) is 4.61. The van der Waals surface area contributed by atoms with Gasteiger partial charge in [0, 0.05) is 0 Å². The van der Waals surface area contributed by atoms with E-state index in [1.165, 1.54) is 25.8 Å². The van der Waals surface area contributed by atoms with Gasteiger partial charge in [-0.1, -0.05) is 0 Å². The van der Waals surface area contributed by atoms with Crippen LogP contribution in [0.5, 0.6) is 0 Å². The van der Waals surface area contributed by atoms with E-state index in [4.69, 9.17) is 0 Å². The maximum atomic E-state index is 2.38. The minimum absolute atomic E-state index is 0.911. The standard InChI is InChI=1S/C9H19N/c1-4-10-8(2)6-5-7-9(10)3/h8-9H,4-7H2,1-3H3/p+1. The molecule has 0 aromatic carbocycles. The molecule has 10 heavy (non-hydrogen) atoms. The van der Waals surface area contributed by atoms with E-state index in [1.54, 1.807) is 0 Å². The zero-order valence-electron chi connectivity index (χ0n) is 7.48. The Bertz CT molecular complexity index is 90.9. The zero-order valence-corrected chi connectivity index (χ0v) is 7.48. The molecule has 1 N–H and O–H groups in total. The van der Waals surface area contributed by atoms with Gasteiger partial charge in [-0.3, -0.25) is 0 Å². The van der Waals surface area contributed by atoms with Crippen molar-refractivity contribution in [3.63, 3.8) is 0 Å². The van der Waals surface area contributed by atoms with Crippen LogP contribution in [0, 0.1) is 0 Å². The summed E-state index contributed by atoms with van der Waals surface area (Å²) in [5, 5.41) is 0. The Hall–Kier alpha value is -0.0400.